The highest BCUT2D eigenvalue weighted by atomic mass is 16.7. The molecule has 14 heteroatoms. The number of aliphatic hydroxyl groups is 3. The number of aliphatic hydroxyl groups excluding tert-OH is 2. The van der Waals surface area contributed by atoms with Crippen LogP contribution in [-0.2, 0) is 52.2 Å². The summed E-state index contributed by atoms with van der Waals surface area (Å²) in [5, 5.41) is 34.4. The van der Waals surface area contributed by atoms with Crippen molar-refractivity contribution < 1.29 is 67.5 Å². The van der Waals surface area contributed by atoms with Crippen molar-refractivity contribution in [1.82, 2.24) is 0 Å². The number of fused-ring (bicyclic) bond motifs is 2. The van der Waals surface area contributed by atoms with Gasteiger partial charge in [-0.2, -0.15) is 0 Å². The molecule has 4 saturated heterocycles. The van der Waals surface area contributed by atoms with Crippen LogP contribution in [0.3, 0.4) is 0 Å². The van der Waals surface area contributed by atoms with Crippen molar-refractivity contribution in [1.29, 1.82) is 0 Å². The Bertz CT molecular complexity index is 1620. The van der Waals surface area contributed by atoms with E-state index in [1.807, 2.05) is 19.9 Å². The smallest absolute Gasteiger partial charge is 0.316 e. The lowest BCUT2D eigenvalue weighted by Crippen LogP contribution is -2.60. The monoisotopic (exact) mass is 877 g/mol. The molecule has 7 aliphatic rings. The van der Waals surface area contributed by atoms with E-state index in [0.717, 1.165) is 24.8 Å². The zero-order valence-electron chi connectivity index (χ0n) is 38.7. The van der Waals surface area contributed by atoms with Crippen LogP contribution in [0.5, 0.6) is 0 Å². The van der Waals surface area contributed by atoms with E-state index >= 15 is 0 Å². The zero-order chi connectivity index (χ0) is 44.7. The molecular weight excluding hydrogens is 801 g/mol. The van der Waals surface area contributed by atoms with Crippen LogP contribution in [0.25, 0.3) is 0 Å². The lowest BCUT2D eigenvalue weighted by molar-refractivity contribution is -0.319. The third kappa shape index (κ3) is 9.83. The van der Waals surface area contributed by atoms with Gasteiger partial charge in [0.05, 0.1) is 49.3 Å². The van der Waals surface area contributed by atoms with Crippen molar-refractivity contribution in [3.8, 4) is 0 Å². The Morgan fingerprint density at radius 3 is 2.34 bits per heavy atom. The fraction of sp³-hybridized carbons (Fsp3) is 0.854. The first-order chi connectivity index (χ1) is 29.5. The highest BCUT2D eigenvalue weighted by Gasteiger charge is 2.62. The molecule has 4 fully saturated rings. The number of rotatable bonds is 8. The SMILES string of the molecule is CC[C@H](C)[C@H]1O[C@]2(C=C[C@@H]1C)C[C@@H]1C[C@@H](CC=C(C)[C@@H](O[C@H]3C[C@H](OC)[C@@H](O[C@H]4C[C@H](OC)[C@@H](O)[C@H](C)O4)[C@H](C)O3)[C@@H](C)CCCC3COC4[C@H](O)C(C)=C[C@@H](C(=O)O1)[C@]34O)O2. The Labute approximate surface area is 368 Å². The van der Waals surface area contributed by atoms with E-state index in [2.05, 4.69) is 46.8 Å². The van der Waals surface area contributed by atoms with Gasteiger partial charge in [-0.1, -0.05) is 58.8 Å². The van der Waals surface area contributed by atoms with E-state index in [-0.39, 0.29) is 48.8 Å². The van der Waals surface area contributed by atoms with Gasteiger partial charge in [-0.05, 0) is 76.0 Å². The molecule has 14 nitrogen and oxygen atoms in total. The van der Waals surface area contributed by atoms with Gasteiger partial charge in [-0.3, -0.25) is 4.79 Å². The van der Waals surface area contributed by atoms with Gasteiger partial charge >= 0.3 is 5.97 Å². The van der Waals surface area contributed by atoms with Gasteiger partial charge in [0.25, 0.3) is 0 Å². The van der Waals surface area contributed by atoms with E-state index in [1.54, 1.807) is 27.2 Å². The molecule has 352 valence electrons. The minimum atomic E-state index is -1.65. The van der Waals surface area contributed by atoms with Gasteiger partial charge in [0, 0.05) is 51.7 Å². The largest absolute Gasteiger partial charge is 0.462 e. The Morgan fingerprint density at radius 2 is 1.61 bits per heavy atom. The molecule has 3 N–H and O–H groups in total. The second-order valence-corrected chi connectivity index (χ2v) is 19.7. The maximum absolute atomic E-state index is 14.4. The maximum Gasteiger partial charge on any atom is 0.316 e. The molecule has 2 unspecified atom stereocenters. The number of hydrogen-bond acceptors (Lipinski definition) is 14. The summed E-state index contributed by atoms with van der Waals surface area (Å²) in [7, 11) is 3.24. The average molecular weight is 877 g/mol. The Hall–Kier alpha value is -1.79. The summed E-state index contributed by atoms with van der Waals surface area (Å²) in [5.41, 5.74) is -0.0302. The van der Waals surface area contributed by atoms with Gasteiger partial charge < -0.3 is 62.7 Å². The summed E-state index contributed by atoms with van der Waals surface area (Å²) >= 11 is 0. The molecule has 0 aromatic rings. The summed E-state index contributed by atoms with van der Waals surface area (Å²) < 4.78 is 64.0. The molecule has 62 heavy (non-hydrogen) atoms. The standard InChI is InChI=1S/C48H76O14/c1-11-25(2)43-28(5)17-18-47(62-43)23-34-20-33(61-47)16-15-27(4)42(26(3)13-12-14-32-24-55-45-40(49)29(6)19-35(46(51)58-34)48(32,45)52)59-39-22-37(54-10)44(31(8)57-39)60-38-21-36(53-9)41(50)30(7)56-38/h15,17-19,25-26,28,30-45,49-50,52H,11-14,16,20-24H2,1-10H3/t25-,26-,28-,30-,31-,32?,33+,34-,35-,36-,37-,38-,39-,40+,41-,42-,43+,44-,45?,47+,48+/m0/s1. The normalized spacial score (nSPS) is 48.5. The number of methoxy groups -OCH3 is 2. The first-order valence-electron chi connectivity index (χ1n) is 23.5. The highest BCUT2D eigenvalue weighted by Crippen LogP contribution is 2.49. The van der Waals surface area contributed by atoms with Crippen LogP contribution in [0.1, 0.15) is 113 Å². The maximum atomic E-state index is 14.4. The third-order valence-corrected chi connectivity index (χ3v) is 15.3. The molecule has 0 aromatic heterocycles. The van der Waals surface area contributed by atoms with E-state index in [1.165, 1.54) is 0 Å². The van der Waals surface area contributed by atoms with E-state index in [0.29, 0.717) is 44.1 Å². The van der Waals surface area contributed by atoms with Gasteiger partial charge in [-0.15, -0.1) is 0 Å². The quantitative estimate of drug-likeness (QED) is 0.201. The predicted molar refractivity (Wildman–Crippen MR) is 227 cm³/mol. The van der Waals surface area contributed by atoms with Crippen molar-refractivity contribution in [3.05, 3.63) is 35.5 Å². The lowest BCUT2D eigenvalue weighted by atomic mass is 9.67. The molecule has 0 amide bonds. The third-order valence-electron chi connectivity index (χ3n) is 15.3. The fourth-order valence-corrected chi connectivity index (χ4v) is 11.3. The summed E-state index contributed by atoms with van der Waals surface area (Å²) in [5.74, 6) is -2.53. The van der Waals surface area contributed by atoms with Crippen LogP contribution < -0.4 is 0 Å². The Balaban J connectivity index is 1.15. The predicted octanol–water partition coefficient (Wildman–Crippen LogP) is 5.68. The minimum Gasteiger partial charge on any atom is -0.462 e. The second kappa shape index (κ2) is 20.0. The van der Waals surface area contributed by atoms with Crippen LogP contribution in [0.2, 0.25) is 0 Å². The molecule has 21 atom stereocenters. The van der Waals surface area contributed by atoms with Crippen molar-refractivity contribution in [2.75, 3.05) is 20.8 Å². The summed E-state index contributed by atoms with van der Waals surface area (Å²) in [6.45, 7) is 16.5. The molecular formula is C48H76O14. The van der Waals surface area contributed by atoms with Crippen LogP contribution >= 0.6 is 0 Å². The molecule has 6 heterocycles. The van der Waals surface area contributed by atoms with Crippen molar-refractivity contribution in [2.45, 2.75) is 210 Å². The van der Waals surface area contributed by atoms with Crippen molar-refractivity contribution in [2.24, 2.45) is 29.6 Å². The molecule has 2 bridgehead atoms. The number of hydrogen-bond donors (Lipinski definition) is 3. The Morgan fingerprint density at radius 1 is 0.903 bits per heavy atom. The first kappa shape index (κ1) is 48.2. The molecule has 6 aliphatic heterocycles. The number of ether oxygens (including phenoxy) is 10. The summed E-state index contributed by atoms with van der Waals surface area (Å²) in [4.78, 5) is 14.4. The molecule has 0 aromatic carbocycles. The van der Waals surface area contributed by atoms with Gasteiger partial charge in [0.2, 0.25) is 0 Å². The van der Waals surface area contributed by atoms with Crippen LogP contribution in [0, 0.1) is 29.6 Å². The molecule has 1 spiro atoms. The van der Waals surface area contributed by atoms with Gasteiger partial charge in [-0.25, -0.2) is 0 Å². The van der Waals surface area contributed by atoms with Crippen molar-refractivity contribution in [3.63, 3.8) is 0 Å². The van der Waals surface area contributed by atoms with E-state index < -0.39 is 90.6 Å². The molecule has 1 aliphatic carbocycles. The first-order valence-corrected chi connectivity index (χ1v) is 23.5. The zero-order valence-corrected chi connectivity index (χ0v) is 38.7. The minimum absolute atomic E-state index is 0.0314. The van der Waals surface area contributed by atoms with E-state index in [9.17, 15) is 20.1 Å². The summed E-state index contributed by atoms with van der Waals surface area (Å²) in [6.07, 6.45) is 5.81. The van der Waals surface area contributed by atoms with Gasteiger partial charge in [0.15, 0.2) is 18.4 Å². The molecule has 0 radical (unpaired) electrons. The average Bonchev–Trinajstić information content (AvgIpc) is 3.58. The van der Waals surface area contributed by atoms with E-state index in [4.69, 9.17) is 47.4 Å². The number of carbonyl (C=O) groups is 1. The van der Waals surface area contributed by atoms with Crippen LogP contribution in [-0.4, -0.2) is 139 Å². The topological polar surface area (TPSA) is 170 Å². The fourth-order valence-electron chi connectivity index (χ4n) is 11.3. The summed E-state index contributed by atoms with van der Waals surface area (Å²) in [6, 6.07) is 0. The second-order valence-electron chi connectivity index (χ2n) is 19.7. The van der Waals surface area contributed by atoms with Crippen molar-refractivity contribution >= 4 is 5.97 Å². The molecule has 7 rings (SSSR count). The highest BCUT2D eigenvalue weighted by molar-refractivity contribution is 5.77. The van der Waals surface area contributed by atoms with Crippen LogP contribution in [0.4, 0.5) is 0 Å². The van der Waals surface area contributed by atoms with Gasteiger partial charge in [0.1, 0.15) is 42.0 Å². The number of carbonyl (C=O) groups excluding carboxylic acids is 1. The number of esters is 1. The Kier molecular flexibility index (Phi) is 15.5. The lowest BCUT2D eigenvalue weighted by Gasteiger charge is -2.48. The molecule has 0 saturated carbocycles. The van der Waals surface area contributed by atoms with Crippen LogP contribution in [0.15, 0.2) is 35.5 Å².